The van der Waals surface area contributed by atoms with Crippen LogP contribution in [-0.4, -0.2) is 34.2 Å². The Hall–Kier alpha value is -3.61. The number of carbonyl (C=O) groups excluding carboxylic acids is 1. The van der Waals surface area contributed by atoms with Gasteiger partial charge >= 0.3 is 0 Å². The number of nitrogens with one attached hydrogen (secondary N) is 1. The summed E-state index contributed by atoms with van der Waals surface area (Å²) in [5.41, 5.74) is 5.74. The zero-order valence-corrected chi connectivity index (χ0v) is 18.9. The van der Waals surface area contributed by atoms with Crippen molar-refractivity contribution in [2.24, 2.45) is 0 Å². The van der Waals surface area contributed by atoms with E-state index in [2.05, 4.69) is 10.4 Å². The van der Waals surface area contributed by atoms with E-state index < -0.39 is 0 Å². The second kappa shape index (κ2) is 9.26. The first-order valence-corrected chi connectivity index (χ1v) is 10.8. The van der Waals surface area contributed by atoms with Gasteiger partial charge < -0.3 is 14.8 Å². The van der Waals surface area contributed by atoms with Crippen LogP contribution in [0, 0.1) is 13.8 Å². The molecule has 0 aliphatic heterocycles. The molecular weight excluding hydrogens is 404 g/mol. The standard InChI is InChI=1S/C25H28N4O3/c1-5-32-22-12-10-18(14-23(22)31-4)15-26-24(30)13-11-19-16(2)27-25-20-8-6-7-9-21(20)28-29(25)17(19)3/h6-10,12,14H,5,11,13,15H2,1-4H3,(H,26,30). The van der Waals surface area contributed by atoms with Gasteiger partial charge in [-0.15, -0.1) is 0 Å². The maximum Gasteiger partial charge on any atom is 0.220 e. The van der Waals surface area contributed by atoms with Crippen LogP contribution in [0.4, 0.5) is 0 Å². The van der Waals surface area contributed by atoms with Crippen molar-refractivity contribution in [3.8, 4) is 11.5 Å². The Balaban J connectivity index is 1.43. The van der Waals surface area contributed by atoms with Crippen molar-refractivity contribution >= 4 is 22.5 Å². The third-order valence-corrected chi connectivity index (χ3v) is 5.64. The van der Waals surface area contributed by atoms with Gasteiger partial charge in [-0.05, 0) is 62.6 Å². The summed E-state index contributed by atoms with van der Waals surface area (Å²) >= 11 is 0. The van der Waals surface area contributed by atoms with Crippen LogP contribution in [0.3, 0.4) is 0 Å². The van der Waals surface area contributed by atoms with Crippen LogP contribution in [0.2, 0.25) is 0 Å². The fraction of sp³-hybridized carbons (Fsp3) is 0.320. The van der Waals surface area contributed by atoms with E-state index in [-0.39, 0.29) is 5.91 Å². The minimum Gasteiger partial charge on any atom is -0.493 e. The van der Waals surface area contributed by atoms with Crippen molar-refractivity contribution in [3.63, 3.8) is 0 Å². The number of aromatic nitrogens is 3. The molecule has 2 heterocycles. The van der Waals surface area contributed by atoms with Gasteiger partial charge in [0.2, 0.25) is 5.91 Å². The van der Waals surface area contributed by atoms with Crippen LogP contribution < -0.4 is 14.8 Å². The first-order valence-electron chi connectivity index (χ1n) is 10.8. The Kier molecular flexibility index (Phi) is 6.25. The zero-order chi connectivity index (χ0) is 22.7. The Morgan fingerprint density at radius 1 is 1.12 bits per heavy atom. The molecule has 166 valence electrons. The van der Waals surface area contributed by atoms with Gasteiger partial charge in [0.25, 0.3) is 0 Å². The lowest BCUT2D eigenvalue weighted by molar-refractivity contribution is -0.121. The van der Waals surface area contributed by atoms with Gasteiger partial charge in [0, 0.05) is 29.7 Å². The number of amides is 1. The number of hydrogen-bond acceptors (Lipinski definition) is 5. The fourth-order valence-electron chi connectivity index (χ4n) is 3.96. The second-order valence-electron chi connectivity index (χ2n) is 7.71. The Morgan fingerprint density at radius 3 is 2.72 bits per heavy atom. The number of carbonyl (C=O) groups is 1. The molecule has 0 fully saturated rings. The maximum absolute atomic E-state index is 12.5. The zero-order valence-electron chi connectivity index (χ0n) is 18.9. The lowest BCUT2D eigenvalue weighted by Gasteiger charge is -2.13. The number of rotatable bonds is 8. The molecule has 1 N–H and O–H groups in total. The van der Waals surface area contributed by atoms with Gasteiger partial charge in [-0.3, -0.25) is 4.79 Å². The van der Waals surface area contributed by atoms with Crippen molar-refractivity contribution in [2.45, 2.75) is 40.2 Å². The quantitative estimate of drug-likeness (QED) is 0.452. The molecule has 0 bridgehead atoms. The maximum atomic E-state index is 12.5. The molecule has 7 nitrogen and oxygen atoms in total. The Labute approximate surface area is 187 Å². The summed E-state index contributed by atoms with van der Waals surface area (Å²) < 4.78 is 12.8. The molecule has 0 atom stereocenters. The summed E-state index contributed by atoms with van der Waals surface area (Å²) in [4.78, 5) is 17.3. The first kappa shape index (κ1) is 21.6. The summed E-state index contributed by atoms with van der Waals surface area (Å²) in [6.45, 7) is 6.96. The molecule has 1 amide bonds. The summed E-state index contributed by atoms with van der Waals surface area (Å²) in [5.74, 6) is 1.35. The number of hydrogen-bond donors (Lipinski definition) is 1. The summed E-state index contributed by atoms with van der Waals surface area (Å²) in [6, 6.07) is 13.7. The molecule has 0 radical (unpaired) electrons. The minimum absolute atomic E-state index is 0.0117. The van der Waals surface area contributed by atoms with Crippen LogP contribution >= 0.6 is 0 Å². The highest BCUT2D eigenvalue weighted by molar-refractivity contribution is 5.92. The third kappa shape index (κ3) is 4.23. The van der Waals surface area contributed by atoms with Gasteiger partial charge in [-0.1, -0.05) is 18.2 Å². The van der Waals surface area contributed by atoms with Crippen molar-refractivity contribution in [1.29, 1.82) is 0 Å². The van der Waals surface area contributed by atoms with Gasteiger partial charge in [0.15, 0.2) is 17.1 Å². The second-order valence-corrected chi connectivity index (χ2v) is 7.71. The number of fused-ring (bicyclic) bond motifs is 3. The van der Waals surface area contributed by atoms with Crippen LogP contribution in [0.15, 0.2) is 42.5 Å². The molecule has 0 aliphatic rings. The molecule has 4 rings (SSSR count). The Bertz CT molecular complexity index is 1280. The average molecular weight is 433 g/mol. The van der Waals surface area contributed by atoms with E-state index in [1.54, 1.807) is 7.11 Å². The van der Waals surface area contributed by atoms with E-state index in [1.165, 1.54) is 0 Å². The lowest BCUT2D eigenvalue weighted by Crippen LogP contribution is -2.23. The topological polar surface area (TPSA) is 77.8 Å². The molecule has 0 saturated carbocycles. The normalized spacial score (nSPS) is 11.1. The smallest absolute Gasteiger partial charge is 0.220 e. The highest BCUT2D eigenvalue weighted by Crippen LogP contribution is 2.28. The monoisotopic (exact) mass is 432 g/mol. The van der Waals surface area contributed by atoms with Gasteiger partial charge in [0.1, 0.15) is 0 Å². The van der Waals surface area contributed by atoms with E-state index in [1.807, 2.05) is 67.8 Å². The van der Waals surface area contributed by atoms with Crippen molar-refractivity contribution in [2.75, 3.05) is 13.7 Å². The van der Waals surface area contributed by atoms with Crippen molar-refractivity contribution in [1.82, 2.24) is 19.9 Å². The number of nitrogens with zero attached hydrogens (tertiary/aromatic N) is 3. The fourth-order valence-corrected chi connectivity index (χ4v) is 3.96. The number of methoxy groups -OCH3 is 1. The van der Waals surface area contributed by atoms with E-state index >= 15 is 0 Å². The molecule has 0 unspecified atom stereocenters. The van der Waals surface area contributed by atoms with E-state index in [9.17, 15) is 4.79 Å². The number of benzene rings is 2. The third-order valence-electron chi connectivity index (χ3n) is 5.64. The predicted molar refractivity (Wildman–Crippen MR) is 124 cm³/mol. The van der Waals surface area contributed by atoms with Crippen molar-refractivity contribution < 1.29 is 14.3 Å². The molecule has 0 spiro atoms. The molecule has 4 aromatic rings. The first-order chi connectivity index (χ1) is 15.5. The number of ether oxygens (including phenoxy) is 2. The minimum atomic E-state index is -0.0117. The SMILES string of the molecule is CCOc1ccc(CNC(=O)CCc2c(C)nc3c4ccccc4nn3c2C)cc1OC. The van der Waals surface area contributed by atoms with Crippen LogP contribution in [0.1, 0.15) is 35.9 Å². The molecule has 0 aliphatic carbocycles. The lowest BCUT2D eigenvalue weighted by atomic mass is 10.1. The van der Waals surface area contributed by atoms with E-state index in [0.29, 0.717) is 37.5 Å². The van der Waals surface area contributed by atoms with E-state index in [0.717, 1.165) is 39.1 Å². The summed E-state index contributed by atoms with van der Waals surface area (Å²) in [7, 11) is 1.61. The summed E-state index contributed by atoms with van der Waals surface area (Å²) in [5, 5.41) is 8.71. The van der Waals surface area contributed by atoms with Gasteiger partial charge in [-0.25, -0.2) is 9.50 Å². The van der Waals surface area contributed by atoms with Gasteiger partial charge in [0.05, 0.1) is 19.2 Å². The molecule has 0 saturated heterocycles. The molecule has 32 heavy (non-hydrogen) atoms. The predicted octanol–water partition coefficient (Wildman–Crippen LogP) is 4.16. The van der Waals surface area contributed by atoms with Crippen LogP contribution in [0.25, 0.3) is 16.6 Å². The average Bonchev–Trinajstić information content (AvgIpc) is 3.17. The van der Waals surface area contributed by atoms with Gasteiger partial charge in [-0.2, -0.15) is 5.10 Å². The highest BCUT2D eigenvalue weighted by atomic mass is 16.5. The molecule has 7 heteroatoms. The number of aryl methyl sites for hydroxylation is 2. The van der Waals surface area contributed by atoms with Crippen molar-refractivity contribution in [3.05, 3.63) is 65.0 Å². The highest BCUT2D eigenvalue weighted by Gasteiger charge is 2.15. The molecular formula is C25H28N4O3. The molecule has 2 aromatic carbocycles. The molecule has 2 aromatic heterocycles. The van der Waals surface area contributed by atoms with Crippen LogP contribution in [0.5, 0.6) is 11.5 Å². The summed E-state index contributed by atoms with van der Waals surface area (Å²) in [6.07, 6.45) is 0.985. The van der Waals surface area contributed by atoms with Crippen LogP contribution in [-0.2, 0) is 17.8 Å². The largest absolute Gasteiger partial charge is 0.493 e. The van der Waals surface area contributed by atoms with E-state index in [4.69, 9.17) is 14.5 Å². The Morgan fingerprint density at radius 2 is 1.94 bits per heavy atom.